The van der Waals surface area contributed by atoms with Gasteiger partial charge in [0.2, 0.25) is 0 Å². The topological polar surface area (TPSA) is 70.9 Å². The van der Waals surface area contributed by atoms with Crippen LogP contribution in [0.4, 0.5) is 5.69 Å². The van der Waals surface area contributed by atoms with Gasteiger partial charge in [-0.2, -0.15) is 0 Å². The van der Waals surface area contributed by atoms with E-state index in [2.05, 4.69) is 15.3 Å². The molecule has 0 aliphatic heterocycles. The Morgan fingerprint density at radius 1 is 1.12 bits per heavy atom. The average Bonchev–Trinajstić information content (AvgIpc) is 3.21. The number of nitrogens with zero attached hydrogens (tertiary/aromatic N) is 1. The minimum Gasteiger partial charge on any atom is -0.459 e. The van der Waals surface area contributed by atoms with Crippen LogP contribution in [-0.2, 0) is 0 Å². The number of amides is 1. The fraction of sp³-hybridized carbons (Fsp3) is 0.0526. The van der Waals surface area contributed by atoms with Crippen molar-refractivity contribution in [1.82, 2.24) is 9.97 Å². The highest BCUT2D eigenvalue weighted by Crippen LogP contribution is 2.23. The van der Waals surface area contributed by atoms with Crippen LogP contribution < -0.4 is 5.32 Å². The van der Waals surface area contributed by atoms with E-state index in [9.17, 15) is 4.79 Å². The van der Waals surface area contributed by atoms with E-state index in [-0.39, 0.29) is 5.91 Å². The maximum atomic E-state index is 12.3. The zero-order valence-electron chi connectivity index (χ0n) is 13.0. The third kappa shape index (κ3) is 2.56. The number of aromatic nitrogens is 2. The van der Waals surface area contributed by atoms with Crippen molar-refractivity contribution < 1.29 is 9.21 Å². The normalized spacial score (nSPS) is 10.9. The largest absolute Gasteiger partial charge is 0.459 e. The van der Waals surface area contributed by atoms with E-state index in [0.29, 0.717) is 11.4 Å². The number of hydrogen-bond acceptors (Lipinski definition) is 3. The van der Waals surface area contributed by atoms with Gasteiger partial charge in [-0.3, -0.25) is 4.79 Å². The lowest BCUT2D eigenvalue weighted by molar-refractivity contribution is 0.0996. The van der Waals surface area contributed by atoms with Crippen molar-refractivity contribution in [2.75, 3.05) is 5.32 Å². The third-order valence-electron chi connectivity index (χ3n) is 3.85. The Kier molecular flexibility index (Phi) is 3.39. The Hall–Kier alpha value is -3.34. The number of H-pyrrole nitrogens is 1. The number of aryl methyl sites for hydroxylation is 1. The predicted molar refractivity (Wildman–Crippen MR) is 92.9 cm³/mol. The van der Waals surface area contributed by atoms with Gasteiger partial charge in [0.1, 0.15) is 5.82 Å². The summed E-state index contributed by atoms with van der Waals surface area (Å²) in [5, 5.41) is 2.85. The molecule has 0 saturated carbocycles. The molecule has 0 saturated heterocycles. The number of benzene rings is 2. The zero-order chi connectivity index (χ0) is 16.5. The number of carbonyl (C=O) groups excluding carboxylic acids is 1. The van der Waals surface area contributed by atoms with Gasteiger partial charge in [-0.15, -0.1) is 0 Å². The lowest BCUT2D eigenvalue weighted by Crippen LogP contribution is -2.12. The first-order valence-electron chi connectivity index (χ1n) is 7.61. The predicted octanol–water partition coefficient (Wildman–Crippen LogP) is 4.38. The second kappa shape index (κ2) is 5.70. The van der Waals surface area contributed by atoms with Gasteiger partial charge in [0.15, 0.2) is 5.76 Å². The highest BCUT2D eigenvalue weighted by Gasteiger charge is 2.13. The number of anilines is 1. The molecule has 0 aliphatic rings. The molecule has 1 amide bonds. The van der Waals surface area contributed by atoms with E-state index < -0.39 is 0 Å². The van der Waals surface area contributed by atoms with Gasteiger partial charge in [-0.05, 0) is 37.3 Å². The first-order valence-corrected chi connectivity index (χ1v) is 7.61. The Balaban J connectivity index is 1.64. The lowest BCUT2D eigenvalue weighted by atomic mass is 10.2. The number of hydrogen-bond donors (Lipinski definition) is 2. The number of nitrogens with one attached hydrogen (secondary N) is 2. The summed E-state index contributed by atoms with van der Waals surface area (Å²) in [6.45, 7) is 1.84. The summed E-state index contributed by atoms with van der Waals surface area (Å²) in [5.74, 6) is 0.824. The monoisotopic (exact) mass is 317 g/mol. The Morgan fingerprint density at radius 3 is 2.79 bits per heavy atom. The molecule has 0 bridgehead atoms. The second-order valence-electron chi connectivity index (χ2n) is 5.57. The molecule has 5 heteroatoms. The number of aromatic amines is 1. The molecule has 2 N–H and O–H groups in total. The molecule has 4 aromatic rings. The van der Waals surface area contributed by atoms with Crippen molar-refractivity contribution in [3.05, 3.63) is 72.2 Å². The van der Waals surface area contributed by atoms with E-state index in [1.54, 1.807) is 6.07 Å². The second-order valence-corrected chi connectivity index (χ2v) is 5.57. The number of fused-ring (bicyclic) bond motifs is 1. The minimum absolute atomic E-state index is 0.265. The molecule has 2 aromatic carbocycles. The number of imidazole rings is 1. The summed E-state index contributed by atoms with van der Waals surface area (Å²) in [5.41, 5.74) is 4.29. The molecule has 0 fully saturated rings. The minimum atomic E-state index is -0.265. The van der Waals surface area contributed by atoms with Gasteiger partial charge in [-0.25, -0.2) is 4.98 Å². The van der Waals surface area contributed by atoms with Gasteiger partial charge >= 0.3 is 0 Å². The van der Waals surface area contributed by atoms with Crippen molar-refractivity contribution in [3.8, 4) is 11.4 Å². The Labute approximate surface area is 138 Å². The van der Waals surface area contributed by atoms with Gasteiger partial charge in [-0.1, -0.05) is 24.3 Å². The van der Waals surface area contributed by atoms with Gasteiger partial charge < -0.3 is 14.7 Å². The van der Waals surface area contributed by atoms with E-state index in [0.717, 1.165) is 28.0 Å². The maximum Gasteiger partial charge on any atom is 0.291 e. The van der Waals surface area contributed by atoms with Crippen LogP contribution in [0.5, 0.6) is 0 Å². The van der Waals surface area contributed by atoms with Crippen LogP contribution in [0.3, 0.4) is 0 Å². The summed E-state index contributed by atoms with van der Waals surface area (Å²) >= 11 is 0. The first-order chi connectivity index (χ1) is 11.7. The first kappa shape index (κ1) is 14.3. The number of carbonyl (C=O) groups is 1. The molecule has 5 nitrogen and oxygen atoms in total. The lowest BCUT2D eigenvalue weighted by Gasteiger charge is -2.05. The van der Waals surface area contributed by atoms with Crippen LogP contribution in [0, 0.1) is 6.92 Å². The van der Waals surface area contributed by atoms with E-state index >= 15 is 0 Å². The molecule has 0 unspecified atom stereocenters. The maximum absolute atomic E-state index is 12.3. The smallest absolute Gasteiger partial charge is 0.291 e. The van der Waals surface area contributed by atoms with Crippen molar-refractivity contribution in [2.45, 2.75) is 6.92 Å². The van der Waals surface area contributed by atoms with Crippen molar-refractivity contribution in [1.29, 1.82) is 0 Å². The van der Waals surface area contributed by atoms with E-state index in [4.69, 9.17) is 4.42 Å². The molecule has 0 radical (unpaired) electrons. The summed E-state index contributed by atoms with van der Waals surface area (Å²) in [4.78, 5) is 20.1. The molecule has 4 rings (SSSR count). The quantitative estimate of drug-likeness (QED) is 0.589. The number of para-hydroxylation sites is 2. The van der Waals surface area contributed by atoms with Crippen LogP contribution in [0.25, 0.3) is 22.4 Å². The summed E-state index contributed by atoms with van der Waals surface area (Å²) < 4.78 is 5.22. The molecular formula is C19H15N3O2. The zero-order valence-corrected chi connectivity index (χ0v) is 13.0. The average molecular weight is 317 g/mol. The highest BCUT2D eigenvalue weighted by atomic mass is 16.3. The Bertz CT molecular complexity index is 997. The van der Waals surface area contributed by atoms with Gasteiger partial charge in [0.05, 0.1) is 17.3 Å². The van der Waals surface area contributed by atoms with Crippen LogP contribution >= 0.6 is 0 Å². The van der Waals surface area contributed by atoms with Crippen LogP contribution in [0.1, 0.15) is 16.1 Å². The number of furan rings is 1. The molecule has 2 aromatic heterocycles. The molecule has 118 valence electrons. The van der Waals surface area contributed by atoms with E-state index in [1.807, 2.05) is 55.5 Å². The highest BCUT2D eigenvalue weighted by molar-refractivity contribution is 6.03. The summed E-state index contributed by atoms with van der Waals surface area (Å²) in [7, 11) is 0. The number of rotatable bonds is 3. The molecule has 0 aliphatic carbocycles. The van der Waals surface area contributed by atoms with E-state index in [1.165, 1.54) is 6.26 Å². The van der Waals surface area contributed by atoms with Crippen LogP contribution in [0.2, 0.25) is 0 Å². The van der Waals surface area contributed by atoms with Crippen molar-refractivity contribution >= 4 is 22.6 Å². The molecule has 0 spiro atoms. The summed E-state index contributed by atoms with van der Waals surface area (Å²) in [6.07, 6.45) is 1.51. The standard InChI is InChI=1S/C19H15N3O2/c1-12-9-10-24-17(12)19(23)20-14-6-4-5-13(11-14)18-21-15-7-2-3-8-16(15)22-18/h2-11H,1H3,(H,20,23)(H,21,22). The van der Waals surface area contributed by atoms with Gasteiger partial charge in [0, 0.05) is 16.8 Å². The fourth-order valence-corrected chi connectivity index (χ4v) is 2.63. The third-order valence-corrected chi connectivity index (χ3v) is 3.85. The van der Waals surface area contributed by atoms with Crippen molar-refractivity contribution in [2.24, 2.45) is 0 Å². The van der Waals surface area contributed by atoms with Crippen LogP contribution in [0.15, 0.2) is 65.3 Å². The van der Waals surface area contributed by atoms with Gasteiger partial charge in [0.25, 0.3) is 5.91 Å². The SMILES string of the molecule is Cc1ccoc1C(=O)Nc1cccc(-c2nc3ccccc3[nH]2)c1. The van der Waals surface area contributed by atoms with Crippen LogP contribution in [-0.4, -0.2) is 15.9 Å². The molecule has 24 heavy (non-hydrogen) atoms. The molecule has 2 heterocycles. The Morgan fingerprint density at radius 2 is 2.00 bits per heavy atom. The molecular weight excluding hydrogens is 302 g/mol. The molecule has 0 atom stereocenters. The summed E-state index contributed by atoms with van der Waals surface area (Å²) in [6, 6.07) is 17.2. The fourth-order valence-electron chi connectivity index (χ4n) is 2.63. The van der Waals surface area contributed by atoms with Crippen molar-refractivity contribution in [3.63, 3.8) is 0 Å².